The summed E-state index contributed by atoms with van der Waals surface area (Å²) in [5, 5.41) is 8.53. The lowest BCUT2D eigenvalue weighted by molar-refractivity contribution is -0.132. The van der Waals surface area contributed by atoms with Gasteiger partial charge in [0, 0.05) is 39.8 Å². The fraction of sp³-hybridized carbons (Fsp3) is 0.471. The summed E-state index contributed by atoms with van der Waals surface area (Å²) in [6.45, 7) is 6.30. The second kappa shape index (κ2) is 7.81. The summed E-state index contributed by atoms with van der Waals surface area (Å²) in [6.07, 6.45) is 1.65. The number of amides is 1. The molecular weight excluding hydrogens is 322 g/mol. The molecule has 1 aromatic carbocycles. The SMILES string of the molecule is C[C@H](Sc1nncn1C)C(=O)N1CCN(Cc2ccccc2)CC1. The van der Waals surface area contributed by atoms with Gasteiger partial charge in [-0.3, -0.25) is 9.69 Å². The van der Waals surface area contributed by atoms with Crippen molar-refractivity contribution in [3.05, 3.63) is 42.2 Å². The number of nitrogens with zero attached hydrogens (tertiary/aromatic N) is 5. The van der Waals surface area contributed by atoms with Gasteiger partial charge < -0.3 is 9.47 Å². The van der Waals surface area contributed by atoms with E-state index in [2.05, 4.69) is 39.4 Å². The van der Waals surface area contributed by atoms with Crippen LogP contribution in [0.15, 0.2) is 41.8 Å². The van der Waals surface area contributed by atoms with Gasteiger partial charge in [0.05, 0.1) is 5.25 Å². The van der Waals surface area contributed by atoms with Gasteiger partial charge in [-0.15, -0.1) is 10.2 Å². The molecule has 7 heteroatoms. The molecule has 2 heterocycles. The van der Waals surface area contributed by atoms with E-state index < -0.39 is 0 Å². The van der Waals surface area contributed by atoms with Crippen LogP contribution in [0, 0.1) is 0 Å². The number of piperazine rings is 1. The average molecular weight is 345 g/mol. The molecular formula is C17H23N5OS. The maximum absolute atomic E-state index is 12.6. The van der Waals surface area contributed by atoms with Gasteiger partial charge in [-0.25, -0.2) is 0 Å². The third-order valence-corrected chi connectivity index (χ3v) is 5.37. The van der Waals surface area contributed by atoms with Crippen molar-refractivity contribution in [3.8, 4) is 0 Å². The summed E-state index contributed by atoms with van der Waals surface area (Å²) >= 11 is 1.47. The predicted molar refractivity (Wildman–Crippen MR) is 94.6 cm³/mol. The number of rotatable bonds is 5. The first-order valence-corrected chi connectivity index (χ1v) is 9.07. The maximum Gasteiger partial charge on any atom is 0.235 e. The van der Waals surface area contributed by atoms with Crippen LogP contribution in [0.1, 0.15) is 12.5 Å². The van der Waals surface area contributed by atoms with Gasteiger partial charge in [0.25, 0.3) is 0 Å². The standard InChI is InChI=1S/C17H23N5OS/c1-14(24-17-19-18-13-20(17)2)16(23)22-10-8-21(9-11-22)12-15-6-4-3-5-7-15/h3-7,13-14H,8-12H2,1-2H3/t14-/m0/s1. The Kier molecular flexibility index (Phi) is 5.52. The largest absolute Gasteiger partial charge is 0.339 e. The van der Waals surface area contributed by atoms with Gasteiger partial charge in [-0.1, -0.05) is 42.1 Å². The molecule has 0 bridgehead atoms. The molecule has 1 aliphatic rings. The van der Waals surface area contributed by atoms with Gasteiger partial charge in [-0.05, 0) is 12.5 Å². The van der Waals surface area contributed by atoms with E-state index in [1.54, 1.807) is 6.33 Å². The molecule has 0 unspecified atom stereocenters. The monoisotopic (exact) mass is 345 g/mol. The third kappa shape index (κ3) is 4.15. The van der Waals surface area contributed by atoms with Crippen molar-refractivity contribution < 1.29 is 4.79 Å². The summed E-state index contributed by atoms with van der Waals surface area (Å²) in [6, 6.07) is 10.5. The summed E-state index contributed by atoms with van der Waals surface area (Å²) in [7, 11) is 1.89. The molecule has 6 nitrogen and oxygen atoms in total. The van der Waals surface area contributed by atoms with Gasteiger partial charge in [-0.2, -0.15) is 0 Å². The highest BCUT2D eigenvalue weighted by Gasteiger charge is 2.26. The van der Waals surface area contributed by atoms with E-state index in [0.717, 1.165) is 37.9 Å². The minimum absolute atomic E-state index is 0.145. The highest BCUT2D eigenvalue weighted by Crippen LogP contribution is 2.22. The second-order valence-electron chi connectivity index (χ2n) is 6.07. The van der Waals surface area contributed by atoms with E-state index in [-0.39, 0.29) is 11.2 Å². The molecule has 24 heavy (non-hydrogen) atoms. The molecule has 1 atom stereocenters. The molecule has 0 N–H and O–H groups in total. The zero-order valence-corrected chi connectivity index (χ0v) is 14.9. The second-order valence-corrected chi connectivity index (χ2v) is 7.38. The lowest BCUT2D eigenvalue weighted by Crippen LogP contribution is -2.50. The lowest BCUT2D eigenvalue weighted by atomic mass is 10.2. The smallest absolute Gasteiger partial charge is 0.235 e. The molecule has 0 saturated carbocycles. The van der Waals surface area contributed by atoms with Crippen LogP contribution in [-0.2, 0) is 18.4 Å². The van der Waals surface area contributed by atoms with Crippen molar-refractivity contribution in [2.75, 3.05) is 26.2 Å². The number of aromatic nitrogens is 3. The van der Waals surface area contributed by atoms with Crippen molar-refractivity contribution in [1.82, 2.24) is 24.6 Å². The number of aryl methyl sites for hydroxylation is 1. The minimum atomic E-state index is -0.145. The molecule has 0 spiro atoms. The first-order valence-electron chi connectivity index (χ1n) is 8.19. The Bertz CT molecular complexity index is 667. The van der Waals surface area contributed by atoms with E-state index in [4.69, 9.17) is 0 Å². The van der Waals surface area contributed by atoms with Crippen molar-refractivity contribution in [3.63, 3.8) is 0 Å². The first-order chi connectivity index (χ1) is 11.6. The Morgan fingerprint density at radius 1 is 1.21 bits per heavy atom. The quantitative estimate of drug-likeness (QED) is 0.771. The average Bonchev–Trinajstić information content (AvgIpc) is 3.00. The molecule has 1 saturated heterocycles. The van der Waals surface area contributed by atoms with Gasteiger partial charge in [0.1, 0.15) is 6.33 Å². The highest BCUT2D eigenvalue weighted by atomic mass is 32.2. The van der Waals surface area contributed by atoms with Gasteiger partial charge in [0.15, 0.2) is 5.16 Å². The summed E-state index contributed by atoms with van der Waals surface area (Å²) < 4.78 is 1.84. The fourth-order valence-corrected chi connectivity index (χ4v) is 3.69. The topological polar surface area (TPSA) is 54.3 Å². The summed E-state index contributed by atoms with van der Waals surface area (Å²) in [4.78, 5) is 17.0. The zero-order chi connectivity index (χ0) is 16.9. The van der Waals surface area contributed by atoms with E-state index in [1.807, 2.05) is 29.5 Å². The summed E-state index contributed by atoms with van der Waals surface area (Å²) in [5.74, 6) is 0.183. The molecule has 2 aromatic rings. The minimum Gasteiger partial charge on any atom is -0.339 e. The predicted octanol–water partition coefficient (Wildman–Crippen LogP) is 1.64. The molecule has 1 aromatic heterocycles. The summed E-state index contributed by atoms with van der Waals surface area (Å²) in [5.41, 5.74) is 1.32. The van der Waals surface area contributed by atoms with Crippen molar-refractivity contribution in [2.45, 2.75) is 23.9 Å². The van der Waals surface area contributed by atoms with Crippen LogP contribution in [-0.4, -0.2) is 61.9 Å². The van der Waals surface area contributed by atoms with Crippen LogP contribution in [0.25, 0.3) is 0 Å². The Morgan fingerprint density at radius 3 is 2.54 bits per heavy atom. The lowest BCUT2D eigenvalue weighted by Gasteiger charge is -2.35. The van der Waals surface area contributed by atoms with Crippen LogP contribution in [0.3, 0.4) is 0 Å². The number of hydrogen-bond donors (Lipinski definition) is 0. The Labute approximate surface area is 146 Å². The van der Waals surface area contributed by atoms with Crippen molar-refractivity contribution in [1.29, 1.82) is 0 Å². The Balaban J connectivity index is 1.49. The normalized spacial score (nSPS) is 17.0. The number of benzene rings is 1. The van der Waals surface area contributed by atoms with Crippen LogP contribution in [0.4, 0.5) is 0 Å². The van der Waals surface area contributed by atoms with Crippen molar-refractivity contribution in [2.24, 2.45) is 7.05 Å². The van der Waals surface area contributed by atoms with Gasteiger partial charge >= 0.3 is 0 Å². The van der Waals surface area contributed by atoms with E-state index in [0.29, 0.717) is 0 Å². The van der Waals surface area contributed by atoms with Crippen LogP contribution >= 0.6 is 11.8 Å². The Hall–Kier alpha value is -1.86. The van der Waals surface area contributed by atoms with Crippen LogP contribution < -0.4 is 0 Å². The Morgan fingerprint density at radius 2 is 1.92 bits per heavy atom. The molecule has 1 aliphatic heterocycles. The molecule has 3 rings (SSSR count). The van der Waals surface area contributed by atoms with Crippen LogP contribution in [0.5, 0.6) is 0 Å². The number of thioether (sulfide) groups is 1. The first kappa shape index (κ1) is 17.0. The number of carbonyl (C=O) groups excluding carboxylic acids is 1. The molecule has 0 aliphatic carbocycles. The highest BCUT2D eigenvalue weighted by molar-refractivity contribution is 8.00. The zero-order valence-electron chi connectivity index (χ0n) is 14.1. The van der Waals surface area contributed by atoms with Crippen LogP contribution in [0.2, 0.25) is 0 Å². The molecule has 1 fully saturated rings. The van der Waals surface area contributed by atoms with Crippen molar-refractivity contribution >= 4 is 17.7 Å². The maximum atomic E-state index is 12.6. The molecule has 128 valence electrons. The van der Waals surface area contributed by atoms with E-state index >= 15 is 0 Å². The number of carbonyl (C=O) groups is 1. The van der Waals surface area contributed by atoms with E-state index in [9.17, 15) is 4.79 Å². The number of hydrogen-bond acceptors (Lipinski definition) is 5. The molecule has 1 amide bonds. The fourth-order valence-electron chi connectivity index (χ4n) is 2.81. The van der Waals surface area contributed by atoms with Gasteiger partial charge in [0.2, 0.25) is 5.91 Å². The molecule has 0 radical (unpaired) electrons. The third-order valence-electron chi connectivity index (χ3n) is 4.23. The van der Waals surface area contributed by atoms with E-state index in [1.165, 1.54) is 17.3 Å².